The first-order valence-electron chi connectivity index (χ1n) is 4.39. The van der Waals surface area contributed by atoms with Crippen LogP contribution in [0.2, 0.25) is 0 Å². The molecule has 0 fully saturated rings. The first-order chi connectivity index (χ1) is 7.11. The number of carbonyl (C=O) groups excluding carboxylic acids is 1. The number of nitrogens with one attached hydrogen (secondary N) is 1. The van der Waals surface area contributed by atoms with Gasteiger partial charge in [-0.1, -0.05) is 12.1 Å². The SMILES string of the molecule is CN1C(=O)NCc2cccc([N+](=O)[O-])c21. The molecule has 6 nitrogen and oxygen atoms in total. The molecule has 0 aliphatic carbocycles. The van der Waals surface area contributed by atoms with Crippen LogP contribution >= 0.6 is 0 Å². The van der Waals surface area contributed by atoms with Crippen molar-refractivity contribution in [3.63, 3.8) is 0 Å². The molecule has 2 amide bonds. The van der Waals surface area contributed by atoms with Crippen LogP contribution in [0.1, 0.15) is 5.56 Å². The molecule has 1 aliphatic rings. The van der Waals surface area contributed by atoms with Gasteiger partial charge in [0.05, 0.1) is 4.92 Å². The second kappa shape index (κ2) is 3.23. The fraction of sp³-hybridized carbons (Fsp3) is 0.222. The molecule has 6 heteroatoms. The number of para-hydroxylation sites is 1. The number of carbonyl (C=O) groups is 1. The number of nitro groups is 1. The van der Waals surface area contributed by atoms with Crippen molar-refractivity contribution >= 4 is 17.4 Å². The molecule has 0 spiro atoms. The zero-order chi connectivity index (χ0) is 11.0. The summed E-state index contributed by atoms with van der Waals surface area (Å²) in [7, 11) is 1.51. The summed E-state index contributed by atoms with van der Waals surface area (Å²) in [4.78, 5) is 22.9. The molecule has 2 rings (SSSR count). The second-order valence-corrected chi connectivity index (χ2v) is 3.26. The number of fused-ring (bicyclic) bond motifs is 1. The molecular formula is C9H9N3O3. The molecule has 1 heterocycles. The highest BCUT2D eigenvalue weighted by Gasteiger charge is 2.27. The summed E-state index contributed by atoms with van der Waals surface area (Å²) in [6.45, 7) is 0.334. The van der Waals surface area contributed by atoms with Gasteiger partial charge in [0.2, 0.25) is 0 Å². The molecule has 0 radical (unpaired) electrons. The van der Waals surface area contributed by atoms with E-state index in [1.807, 2.05) is 0 Å². The van der Waals surface area contributed by atoms with E-state index in [-0.39, 0.29) is 11.7 Å². The number of amides is 2. The Morgan fingerprint density at radius 2 is 2.27 bits per heavy atom. The third-order valence-corrected chi connectivity index (χ3v) is 2.37. The molecule has 0 atom stereocenters. The Balaban J connectivity index is 2.62. The summed E-state index contributed by atoms with van der Waals surface area (Å²) in [6.07, 6.45) is 0. The van der Waals surface area contributed by atoms with Gasteiger partial charge in [-0.25, -0.2) is 4.79 Å². The van der Waals surface area contributed by atoms with E-state index in [1.165, 1.54) is 18.0 Å². The standard InChI is InChI=1S/C9H9N3O3/c1-11-8-6(5-10-9(11)13)3-2-4-7(8)12(14)15/h2-4H,5H2,1H3,(H,10,13). The van der Waals surface area contributed by atoms with Gasteiger partial charge < -0.3 is 5.32 Å². The third kappa shape index (κ3) is 1.39. The molecular weight excluding hydrogens is 198 g/mol. The van der Waals surface area contributed by atoms with E-state index in [2.05, 4.69) is 5.32 Å². The van der Waals surface area contributed by atoms with Crippen molar-refractivity contribution in [3.8, 4) is 0 Å². The Morgan fingerprint density at radius 1 is 1.53 bits per heavy atom. The van der Waals surface area contributed by atoms with Gasteiger partial charge in [-0.2, -0.15) is 0 Å². The van der Waals surface area contributed by atoms with Gasteiger partial charge in [0.1, 0.15) is 5.69 Å². The zero-order valence-corrected chi connectivity index (χ0v) is 8.06. The molecule has 1 aromatic carbocycles. The number of hydrogen-bond acceptors (Lipinski definition) is 3. The molecule has 0 saturated carbocycles. The third-order valence-electron chi connectivity index (χ3n) is 2.37. The number of rotatable bonds is 1. The van der Waals surface area contributed by atoms with E-state index >= 15 is 0 Å². The fourth-order valence-corrected chi connectivity index (χ4v) is 1.65. The minimum Gasteiger partial charge on any atom is -0.334 e. The second-order valence-electron chi connectivity index (χ2n) is 3.26. The van der Waals surface area contributed by atoms with Crippen LogP contribution < -0.4 is 10.2 Å². The summed E-state index contributed by atoms with van der Waals surface area (Å²) in [5.74, 6) is 0. The molecule has 1 aromatic rings. The van der Waals surface area contributed by atoms with Crippen LogP contribution in [0, 0.1) is 10.1 Å². The molecule has 0 aromatic heterocycles. The van der Waals surface area contributed by atoms with Crippen LogP contribution in [0.15, 0.2) is 18.2 Å². The average molecular weight is 207 g/mol. The highest BCUT2D eigenvalue weighted by molar-refractivity contribution is 5.96. The van der Waals surface area contributed by atoms with Crippen LogP contribution in [0.3, 0.4) is 0 Å². The zero-order valence-electron chi connectivity index (χ0n) is 8.06. The monoisotopic (exact) mass is 207 g/mol. The summed E-state index contributed by atoms with van der Waals surface area (Å²) < 4.78 is 0. The Morgan fingerprint density at radius 3 is 2.93 bits per heavy atom. The smallest absolute Gasteiger partial charge is 0.322 e. The topological polar surface area (TPSA) is 75.5 Å². The van der Waals surface area contributed by atoms with Gasteiger partial charge in [0.15, 0.2) is 0 Å². The van der Waals surface area contributed by atoms with Crippen LogP contribution in [0.4, 0.5) is 16.2 Å². The molecule has 0 bridgehead atoms. The number of nitro benzene ring substituents is 1. The highest BCUT2D eigenvalue weighted by Crippen LogP contribution is 2.33. The van der Waals surface area contributed by atoms with E-state index < -0.39 is 4.92 Å². The largest absolute Gasteiger partial charge is 0.334 e. The van der Waals surface area contributed by atoms with E-state index in [0.717, 1.165) is 5.56 Å². The molecule has 0 saturated heterocycles. The fourth-order valence-electron chi connectivity index (χ4n) is 1.65. The van der Waals surface area contributed by atoms with Crippen molar-refractivity contribution in [1.29, 1.82) is 0 Å². The molecule has 1 N–H and O–H groups in total. The average Bonchev–Trinajstić information content (AvgIpc) is 2.23. The van der Waals surface area contributed by atoms with Crippen LogP contribution in [0.5, 0.6) is 0 Å². The maximum absolute atomic E-state index is 11.3. The van der Waals surface area contributed by atoms with Crippen molar-refractivity contribution in [2.45, 2.75) is 6.54 Å². The Bertz CT molecular complexity index is 444. The van der Waals surface area contributed by atoms with Gasteiger partial charge in [-0.3, -0.25) is 15.0 Å². The first kappa shape index (κ1) is 9.45. The lowest BCUT2D eigenvalue weighted by Crippen LogP contribution is -2.41. The summed E-state index contributed by atoms with van der Waals surface area (Å²) in [5, 5.41) is 13.4. The van der Waals surface area contributed by atoms with Gasteiger partial charge in [0.25, 0.3) is 5.69 Å². The van der Waals surface area contributed by atoms with Crippen molar-refractivity contribution < 1.29 is 9.72 Å². The van der Waals surface area contributed by atoms with Crippen molar-refractivity contribution in [3.05, 3.63) is 33.9 Å². The van der Waals surface area contributed by atoms with Gasteiger partial charge in [0, 0.05) is 25.2 Å². The lowest BCUT2D eigenvalue weighted by atomic mass is 10.1. The number of hydrogen-bond donors (Lipinski definition) is 1. The van der Waals surface area contributed by atoms with Gasteiger partial charge in [-0.05, 0) is 0 Å². The van der Waals surface area contributed by atoms with E-state index in [0.29, 0.717) is 12.2 Å². The summed E-state index contributed by atoms with van der Waals surface area (Å²) in [5.41, 5.74) is 1.10. The summed E-state index contributed by atoms with van der Waals surface area (Å²) in [6, 6.07) is 4.45. The maximum atomic E-state index is 11.3. The Kier molecular flexibility index (Phi) is 2.03. The summed E-state index contributed by atoms with van der Waals surface area (Å²) >= 11 is 0. The highest BCUT2D eigenvalue weighted by atomic mass is 16.6. The number of urea groups is 1. The van der Waals surface area contributed by atoms with Crippen LogP contribution in [-0.2, 0) is 6.54 Å². The predicted molar refractivity (Wildman–Crippen MR) is 53.7 cm³/mol. The lowest BCUT2D eigenvalue weighted by molar-refractivity contribution is -0.384. The first-order valence-corrected chi connectivity index (χ1v) is 4.39. The van der Waals surface area contributed by atoms with Crippen molar-refractivity contribution in [2.24, 2.45) is 0 Å². The quantitative estimate of drug-likeness (QED) is 0.556. The maximum Gasteiger partial charge on any atom is 0.322 e. The van der Waals surface area contributed by atoms with Crippen LogP contribution in [0.25, 0.3) is 0 Å². The Labute approximate surface area is 85.6 Å². The Hall–Kier alpha value is -2.11. The van der Waals surface area contributed by atoms with E-state index in [4.69, 9.17) is 0 Å². The number of nitrogens with zero attached hydrogens (tertiary/aromatic N) is 2. The van der Waals surface area contributed by atoms with Gasteiger partial charge in [-0.15, -0.1) is 0 Å². The molecule has 1 aliphatic heterocycles. The molecule has 78 valence electrons. The van der Waals surface area contributed by atoms with E-state index in [1.54, 1.807) is 12.1 Å². The van der Waals surface area contributed by atoms with Gasteiger partial charge >= 0.3 is 6.03 Å². The normalized spacial score (nSPS) is 14.5. The predicted octanol–water partition coefficient (Wildman–Crippen LogP) is 1.25. The van der Waals surface area contributed by atoms with E-state index in [9.17, 15) is 14.9 Å². The van der Waals surface area contributed by atoms with Crippen molar-refractivity contribution in [2.75, 3.05) is 11.9 Å². The lowest BCUT2D eigenvalue weighted by Gasteiger charge is -2.25. The minimum absolute atomic E-state index is 0.0372. The number of benzene rings is 1. The molecule has 0 unspecified atom stereocenters. The van der Waals surface area contributed by atoms with Crippen molar-refractivity contribution in [1.82, 2.24) is 5.32 Å². The van der Waals surface area contributed by atoms with Crippen LogP contribution in [-0.4, -0.2) is 18.0 Å². The minimum atomic E-state index is -0.478. The number of anilines is 1. The molecule has 15 heavy (non-hydrogen) atoms.